The average Bonchev–Trinajstić information content (AvgIpc) is 3.18. The smallest absolute Gasteiger partial charge is 0.0638 e. The van der Waals surface area contributed by atoms with Crippen LogP contribution in [0.1, 0.15) is 105 Å². The van der Waals surface area contributed by atoms with Gasteiger partial charge in [-0.25, -0.2) is 0 Å². The molecule has 5 aliphatic rings. The van der Waals surface area contributed by atoms with Gasteiger partial charge in [0.1, 0.15) is 0 Å². The Morgan fingerprint density at radius 2 is 1.72 bits per heavy atom. The highest BCUT2D eigenvalue weighted by Gasteiger charge is 2.77. The van der Waals surface area contributed by atoms with E-state index in [0.717, 1.165) is 41.4 Å². The van der Waals surface area contributed by atoms with Crippen LogP contribution in [0.5, 0.6) is 0 Å². The maximum Gasteiger partial charge on any atom is 0.0638 e. The van der Waals surface area contributed by atoms with Gasteiger partial charge in [0, 0.05) is 12.5 Å². The average molecular weight is 401 g/mol. The van der Waals surface area contributed by atoms with E-state index in [1.54, 1.807) is 0 Å². The molecule has 5 aliphatic carbocycles. The van der Waals surface area contributed by atoms with Crippen molar-refractivity contribution in [2.75, 3.05) is 7.11 Å². The van der Waals surface area contributed by atoms with Crippen molar-refractivity contribution in [2.24, 2.45) is 57.7 Å². The zero-order valence-electron chi connectivity index (χ0n) is 20.3. The van der Waals surface area contributed by atoms with Crippen LogP contribution < -0.4 is 0 Å². The lowest BCUT2D eigenvalue weighted by Gasteiger charge is -2.61. The number of rotatable bonds is 6. The van der Waals surface area contributed by atoms with Crippen molar-refractivity contribution in [1.29, 1.82) is 0 Å². The second-order valence-corrected chi connectivity index (χ2v) is 13.3. The minimum Gasteiger partial charge on any atom is -0.381 e. The molecule has 1 nitrogen and oxygen atoms in total. The van der Waals surface area contributed by atoms with Gasteiger partial charge in [0.2, 0.25) is 0 Å². The van der Waals surface area contributed by atoms with Crippen LogP contribution in [-0.4, -0.2) is 13.2 Å². The summed E-state index contributed by atoms with van der Waals surface area (Å²) in [7, 11) is 2.03. The van der Waals surface area contributed by atoms with E-state index < -0.39 is 0 Å². The summed E-state index contributed by atoms with van der Waals surface area (Å²) in [6.07, 6.45) is 16.8. The van der Waals surface area contributed by atoms with Crippen LogP contribution in [0.25, 0.3) is 0 Å². The molecule has 0 N–H and O–H groups in total. The molecule has 0 aliphatic heterocycles. The summed E-state index contributed by atoms with van der Waals surface area (Å²) in [6, 6.07) is 0. The van der Waals surface area contributed by atoms with Gasteiger partial charge in [-0.05, 0) is 104 Å². The number of methoxy groups -OCH3 is 1. The molecule has 0 aromatic carbocycles. The van der Waals surface area contributed by atoms with Crippen molar-refractivity contribution in [1.82, 2.24) is 0 Å². The van der Waals surface area contributed by atoms with Gasteiger partial charge < -0.3 is 4.74 Å². The Balaban J connectivity index is 1.35. The van der Waals surface area contributed by atoms with E-state index in [4.69, 9.17) is 4.74 Å². The van der Waals surface area contributed by atoms with Gasteiger partial charge in [0.25, 0.3) is 0 Å². The van der Waals surface area contributed by atoms with Crippen LogP contribution >= 0.6 is 0 Å². The molecular weight excluding hydrogens is 352 g/mol. The van der Waals surface area contributed by atoms with Crippen molar-refractivity contribution in [3.05, 3.63) is 0 Å². The highest BCUT2D eigenvalue weighted by Crippen LogP contribution is 2.82. The molecule has 0 amide bonds. The van der Waals surface area contributed by atoms with Crippen LogP contribution in [0.2, 0.25) is 0 Å². The van der Waals surface area contributed by atoms with Crippen molar-refractivity contribution in [3.63, 3.8) is 0 Å². The fourth-order valence-corrected chi connectivity index (χ4v) is 10.6. The van der Waals surface area contributed by atoms with Crippen molar-refractivity contribution >= 4 is 0 Å². The molecule has 0 bridgehead atoms. The molecule has 1 heteroatoms. The Morgan fingerprint density at radius 1 is 0.931 bits per heavy atom. The molecule has 29 heavy (non-hydrogen) atoms. The molecule has 0 aromatic rings. The molecule has 0 aromatic heterocycles. The van der Waals surface area contributed by atoms with Gasteiger partial charge in [-0.2, -0.15) is 0 Å². The first kappa shape index (κ1) is 20.8. The van der Waals surface area contributed by atoms with Crippen LogP contribution in [0.4, 0.5) is 0 Å². The SMILES string of the molecule is CO[C@@H]1C[C@H]2[C@@H]3CC[C@H]([C@H](C)CCCC(C)C)[C@@]3(C)CC[C@@H]2[C@@]2(C)CC[C@@H]3C[C@]312. The van der Waals surface area contributed by atoms with Crippen LogP contribution in [0.15, 0.2) is 0 Å². The first-order valence-electron chi connectivity index (χ1n) is 13.3. The number of fused-ring (bicyclic) bond motifs is 4. The first-order valence-corrected chi connectivity index (χ1v) is 13.3. The lowest BCUT2D eigenvalue weighted by atomic mass is 9.45. The second kappa shape index (κ2) is 6.98. The highest BCUT2D eigenvalue weighted by atomic mass is 16.5. The predicted octanol–water partition coefficient (Wildman–Crippen LogP) is 7.73. The van der Waals surface area contributed by atoms with E-state index in [0.29, 0.717) is 22.3 Å². The molecule has 5 saturated carbocycles. The van der Waals surface area contributed by atoms with Crippen LogP contribution in [0, 0.1) is 57.7 Å². The lowest BCUT2D eigenvalue weighted by molar-refractivity contribution is -0.161. The van der Waals surface area contributed by atoms with Gasteiger partial charge in [0.05, 0.1) is 6.10 Å². The minimum absolute atomic E-state index is 0.561. The molecule has 0 saturated heterocycles. The number of hydrogen-bond acceptors (Lipinski definition) is 1. The lowest BCUT2D eigenvalue weighted by Crippen LogP contribution is -2.57. The Morgan fingerprint density at radius 3 is 2.41 bits per heavy atom. The largest absolute Gasteiger partial charge is 0.381 e. The monoisotopic (exact) mass is 400 g/mol. The van der Waals surface area contributed by atoms with E-state index in [2.05, 4.69) is 34.6 Å². The quantitative estimate of drug-likeness (QED) is 0.443. The third-order valence-corrected chi connectivity index (χ3v) is 12.0. The summed E-state index contributed by atoms with van der Waals surface area (Å²) in [5.41, 5.74) is 1.78. The maximum atomic E-state index is 6.30. The summed E-state index contributed by atoms with van der Waals surface area (Å²) in [5, 5.41) is 0. The summed E-state index contributed by atoms with van der Waals surface area (Å²) in [5.74, 6) is 6.68. The van der Waals surface area contributed by atoms with Crippen molar-refractivity contribution < 1.29 is 4.74 Å². The van der Waals surface area contributed by atoms with Gasteiger partial charge in [-0.1, -0.05) is 53.9 Å². The van der Waals surface area contributed by atoms with Crippen molar-refractivity contribution in [2.45, 2.75) is 111 Å². The highest BCUT2D eigenvalue weighted by molar-refractivity contribution is 5.26. The molecule has 166 valence electrons. The molecular formula is C28H48O. The summed E-state index contributed by atoms with van der Waals surface area (Å²) in [4.78, 5) is 0. The van der Waals surface area contributed by atoms with Gasteiger partial charge in [-0.15, -0.1) is 0 Å². The molecule has 0 unspecified atom stereocenters. The fraction of sp³-hybridized carbons (Fsp3) is 1.00. The van der Waals surface area contributed by atoms with Gasteiger partial charge >= 0.3 is 0 Å². The summed E-state index contributed by atoms with van der Waals surface area (Å²) >= 11 is 0. The Kier molecular flexibility index (Phi) is 5.02. The van der Waals surface area contributed by atoms with Crippen molar-refractivity contribution in [3.8, 4) is 0 Å². The van der Waals surface area contributed by atoms with Gasteiger partial charge in [-0.3, -0.25) is 0 Å². The molecule has 5 rings (SSSR count). The fourth-order valence-electron chi connectivity index (χ4n) is 10.6. The first-order chi connectivity index (χ1) is 13.8. The zero-order chi connectivity index (χ0) is 20.6. The van der Waals surface area contributed by atoms with E-state index in [1.165, 1.54) is 70.6 Å². The topological polar surface area (TPSA) is 9.23 Å². The van der Waals surface area contributed by atoms with E-state index in [1.807, 2.05) is 7.11 Å². The summed E-state index contributed by atoms with van der Waals surface area (Å²) < 4.78 is 6.30. The standard InChI is InChI=1S/C28H48O/c1-18(2)8-7-9-19(3)22-10-11-23-21-16-25(29-6)28-17-20(28)12-15-27(28,5)24(21)13-14-26(22,23)4/h18-25H,7-17H2,1-6H3/t19-,20-,21+,22-,23+,24+,25-,26-,27-,28+/m1/s1. The molecule has 5 fully saturated rings. The summed E-state index contributed by atoms with van der Waals surface area (Å²) in [6.45, 7) is 12.8. The van der Waals surface area contributed by atoms with E-state index in [-0.39, 0.29) is 0 Å². The van der Waals surface area contributed by atoms with Gasteiger partial charge in [0.15, 0.2) is 0 Å². The Bertz CT molecular complexity index is 626. The molecule has 10 atom stereocenters. The van der Waals surface area contributed by atoms with Crippen LogP contribution in [0.3, 0.4) is 0 Å². The zero-order valence-corrected chi connectivity index (χ0v) is 20.3. The molecule has 0 heterocycles. The third kappa shape index (κ3) is 2.74. The maximum absolute atomic E-state index is 6.30. The van der Waals surface area contributed by atoms with Crippen LogP contribution in [-0.2, 0) is 4.74 Å². The molecule has 0 radical (unpaired) electrons. The van der Waals surface area contributed by atoms with E-state index >= 15 is 0 Å². The number of ether oxygens (including phenoxy) is 1. The predicted molar refractivity (Wildman–Crippen MR) is 122 cm³/mol. The third-order valence-electron chi connectivity index (χ3n) is 12.0. The Labute approximate surface area is 181 Å². The number of hydrogen-bond donors (Lipinski definition) is 0. The minimum atomic E-state index is 0.561. The second-order valence-electron chi connectivity index (χ2n) is 13.3. The van der Waals surface area contributed by atoms with E-state index in [9.17, 15) is 0 Å². The Hall–Kier alpha value is -0.0400. The molecule has 1 spiro atoms. The normalized spacial score (nSPS) is 53.9.